The van der Waals surface area contributed by atoms with Crippen LogP contribution in [-0.4, -0.2) is 58.8 Å². The molecule has 27 heavy (non-hydrogen) atoms. The number of sulfone groups is 1. The fraction of sp³-hybridized carbons (Fsp3) is 0.588. The second kappa shape index (κ2) is 7.76. The fourth-order valence-corrected chi connectivity index (χ4v) is 6.89. The topological polar surface area (TPSA) is 110 Å². The van der Waals surface area contributed by atoms with Gasteiger partial charge in [0.2, 0.25) is 15.9 Å². The van der Waals surface area contributed by atoms with Crippen LogP contribution in [0.2, 0.25) is 0 Å². The molecule has 3 rings (SSSR count). The average molecular weight is 417 g/mol. The van der Waals surface area contributed by atoms with Crippen molar-refractivity contribution in [3.8, 4) is 5.75 Å². The molecule has 2 aliphatic heterocycles. The Morgan fingerprint density at radius 1 is 1.22 bits per heavy atom. The van der Waals surface area contributed by atoms with Crippen LogP contribution in [0.25, 0.3) is 0 Å². The molecule has 1 N–H and O–H groups in total. The van der Waals surface area contributed by atoms with Gasteiger partial charge in [-0.05, 0) is 37.5 Å². The first-order chi connectivity index (χ1) is 12.7. The second-order valence-corrected chi connectivity index (χ2v) is 11.1. The SMILES string of the molecule is COc1ccc(NC(=O)[C@@H]2CCS(=O)(=O)C2)cc1S(=O)(=O)N1CCCCC1. The molecule has 0 aromatic heterocycles. The number of carbonyl (C=O) groups excluding carboxylic acids is 1. The van der Waals surface area contributed by atoms with Crippen LogP contribution in [0.3, 0.4) is 0 Å². The van der Waals surface area contributed by atoms with Crippen LogP contribution in [-0.2, 0) is 24.7 Å². The van der Waals surface area contributed by atoms with E-state index in [4.69, 9.17) is 4.74 Å². The van der Waals surface area contributed by atoms with E-state index in [1.165, 1.54) is 23.5 Å². The van der Waals surface area contributed by atoms with E-state index < -0.39 is 31.7 Å². The zero-order chi connectivity index (χ0) is 19.7. The molecule has 2 saturated heterocycles. The zero-order valence-corrected chi connectivity index (χ0v) is 16.8. The third-order valence-corrected chi connectivity index (χ3v) is 8.66. The number of nitrogens with one attached hydrogen (secondary N) is 1. The normalized spacial score (nSPS) is 23.1. The minimum Gasteiger partial charge on any atom is -0.495 e. The Labute approximate surface area is 159 Å². The zero-order valence-electron chi connectivity index (χ0n) is 15.2. The smallest absolute Gasteiger partial charge is 0.246 e. The van der Waals surface area contributed by atoms with E-state index in [2.05, 4.69) is 5.32 Å². The number of methoxy groups -OCH3 is 1. The number of hydrogen-bond acceptors (Lipinski definition) is 6. The molecule has 0 saturated carbocycles. The van der Waals surface area contributed by atoms with Crippen molar-refractivity contribution >= 4 is 31.5 Å². The molecular formula is C17H24N2O6S2. The standard InChI is InChI=1S/C17H24N2O6S2/c1-25-15-6-5-14(18-17(20)13-7-10-26(21,22)12-13)11-16(15)27(23,24)19-8-3-2-4-9-19/h5-6,11,13H,2-4,7-10,12H2,1H3,(H,18,20)/t13-/m1/s1. The van der Waals surface area contributed by atoms with Gasteiger partial charge in [-0.3, -0.25) is 4.79 Å². The number of piperidine rings is 1. The van der Waals surface area contributed by atoms with Gasteiger partial charge in [-0.1, -0.05) is 6.42 Å². The molecule has 1 aromatic carbocycles. The lowest BCUT2D eigenvalue weighted by molar-refractivity contribution is -0.119. The molecule has 0 spiro atoms. The number of hydrogen-bond donors (Lipinski definition) is 1. The van der Waals surface area contributed by atoms with Crippen molar-refractivity contribution in [2.24, 2.45) is 5.92 Å². The monoisotopic (exact) mass is 416 g/mol. The first-order valence-corrected chi connectivity index (χ1v) is 12.2. The Kier molecular flexibility index (Phi) is 5.78. The molecule has 2 fully saturated rings. The maximum Gasteiger partial charge on any atom is 0.246 e. The lowest BCUT2D eigenvalue weighted by atomic mass is 10.1. The van der Waals surface area contributed by atoms with Gasteiger partial charge in [-0.2, -0.15) is 4.31 Å². The number of carbonyl (C=O) groups is 1. The third kappa shape index (κ3) is 4.44. The molecule has 1 aromatic rings. The largest absolute Gasteiger partial charge is 0.495 e. The van der Waals surface area contributed by atoms with Crippen molar-refractivity contribution in [1.82, 2.24) is 4.31 Å². The molecular weight excluding hydrogens is 392 g/mol. The molecule has 0 bridgehead atoms. The van der Waals surface area contributed by atoms with E-state index >= 15 is 0 Å². The van der Waals surface area contributed by atoms with E-state index in [1.54, 1.807) is 6.07 Å². The van der Waals surface area contributed by atoms with E-state index in [1.807, 2.05) is 0 Å². The van der Waals surface area contributed by atoms with E-state index in [9.17, 15) is 21.6 Å². The van der Waals surface area contributed by atoms with Gasteiger partial charge in [0.25, 0.3) is 0 Å². The van der Waals surface area contributed by atoms with Gasteiger partial charge in [-0.25, -0.2) is 16.8 Å². The van der Waals surface area contributed by atoms with Crippen LogP contribution >= 0.6 is 0 Å². The Bertz CT molecular complexity index is 921. The molecule has 2 heterocycles. The van der Waals surface area contributed by atoms with Crippen molar-refractivity contribution in [2.45, 2.75) is 30.6 Å². The average Bonchev–Trinajstić information content (AvgIpc) is 3.02. The van der Waals surface area contributed by atoms with Crippen molar-refractivity contribution < 1.29 is 26.4 Å². The van der Waals surface area contributed by atoms with Crippen molar-refractivity contribution in [2.75, 3.05) is 37.0 Å². The maximum atomic E-state index is 13.0. The number of anilines is 1. The van der Waals surface area contributed by atoms with Gasteiger partial charge in [0.15, 0.2) is 9.84 Å². The van der Waals surface area contributed by atoms with Gasteiger partial charge < -0.3 is 10.1 Å². The van der Waals surface area contributed by atoms with Crippen LogP contribution in [0.15, 0.2) is 23.1 Å². The molecule has 150 valence electrons. The minimum absolute atomic E-state index is 0.00227. The molecule has 0 unspecified atom stereocenters. The summed E-state index contributed by atoms with van der Waals surface area (Å²) in [6.45, 7) is 0.921. The Morgan fingerprint density at radius 3 is 2.52 bits per heavy atom. The lowest BCUT2D eigenvalue weighted by Gasteiger charge is -2.26. The van der Waals surface area contributed by atoms with Crippen LogP contribution in [0.4, 0.5) is 5.69 Å². The molecule has 10 heteroatoms. The predicted molar refractivity (Wildman–Crippen MR) is 101 cm³/mol. The summed E-state index contributed by atoms with van der Waals surface area (Å²) in [4.78, 5) is 12.4. The van der Waals surface area contributed by atoms with E-state index in [0.717, 1.165) is 19.3 Å². The molecule has 0 radical (unpaired) electrons. The summed E-state index contributed by atoms with van der Waals surface area (Å²) in [6.07, 6.45) is 2.91. The Balaban J connectivity index is 1.84. The first kappa shape index (κ1) is 20.1. The van der Waals surface area contributed by atoms with Crippen LogP contribution in [0, 0.1) is 5.92 Å². The van der Waals surface area contributed by atoms with Crippen LogP contribution in [0.1, 0.15) is 25.7 Å². The number of amides is 1. The van der Waals surface area contributed by atoms with E-state index in [0.29, 0.717) is 18.8 Å². The highest BCUT2D eigenvalue weighted by atomic mass is 32.2. The highest BCUT2D eigenvalue weighted by molar-refractivity contribution is 7.91. The number of sulfonamides is 1. The van der Waals surface area contributed by atoms with Crippen LogP contribution < -0.4 is 10.1 Å². The molecule has 8 nitrogen and oxygen atoms in total. The quantitative estimate of drug-likeness (QED) is 0.773. The summed E-state index contributed by atoms with van der Waals surface area (Å²) >= 11 is 0. The number of rotatable bonds is 5. The minimum atomic E-state index is -3.74. The Hall–Kier alpha value is -1.65. The second-order valence-electron chi connectivity index (χ2n) is 6.92. The van der Waals surface area contributed by atoms with Crippen LogP contribution in [0.5, 0.6) is 5.75 Å². The Morgan fingerprint density at radius 2 is 1.93 bits per heavy atom. The van der Waals surface area contributed by atoms with Crippen molar-refractivity contribution in [1.29, 1.82) is 0 Å². The summed E-state index contributed by atoms with van der Waals surface area (Å²) in [5.41, 5.74) is 0.306. The predicted octanol–water partition coefficient (Wildman–Crippen LogP) is 1.24. The molecule has 0 aliphatic carbocycles. The third-order valence-electron chi connectivity index (χ3n) is 4.97. The molecule has 1 atom stereocenters. The maximum absolute atomic E-state index is 13.0. The first-order valence-electron chi connectivity index (χ1n) is 8.92. The van der Waals surface area contributed by atoms with Crippen molar-refractivity contribution in [3.05, 3.63) is 18.2 Å². The summed E-state index contributed by atoms with van der Waals surface area (Å²) in [5.74, 6) is -0.986. The summed E-state index contributed by atoms with van der Waals surface area (Å²) in [5, 5.41) is 2.65. The van der Waals surface area contributed by atoms with E-state index in [-0.39, 0.29) is 28.6 Å². The van der Waals surface area contributed by atoms with Gasteiger partial charge in [-0.15, -0.1) is 0 Å². The number of nitrogens with zero attached hydrogens (tertiary/aromatic N) is 1. The molecule has 2 aliphatic rings. The molecule has 1 amide bonds. The van der Waals surface area contributed by atoms with Gasteiger partial charge in [0.1, 0.15) is 10.6 Å². The summed E-state index contributed by atoms with van der Waals surface area (Å²) in [7, 11) is -5.52. The number of benzene rings is 1. The number of ether oxygens (including phenoxy) is 1. The highest BCUT2D eigenvalue weighted by Crippen LogP contribution is 2.31. The summed E-state index contributed by atoms with van der Waals surface area (Å²) < 4.78 is 55.8. The van der Waals surface area contributed by atoms with Gasteiger partial charge in [0.05, 0.1) is 24.5 Å². The fourth-order valence-electron chi connectivity index (χ4n) is 3.45. The summed E-state index contributed by atoms with van der Waals surface area (Å²) in [6, 6.07) is 4.43. The lowest BCUT2D eigenvalue weighted by Crippen LogP contribution is -2.35. The highest BCUT2D eigenvalue weighted by Gasteiger charge is 2.33. The van der Waals surface area contributed by atoms with Crippen molar-refractivity contribution in [3.63, 3.8) is 0 Å². The van der Waals surface area contributed by atoms with Gasteiger partial charge in [0, 0.05) is 18.8 Å². The van der Waals surface area contributed by atoms with Gasteiger partial charge >= 0.3 is 0 Å².